The number of aliphatic hydroxyl groups excluding tert-OH is 1. The maximum absolute atomic E-state index is 11.0. The molecular formula is C12H25N3O2. The van der Waals surface area contributed by atoms with Gasteiger partial charge in [0.25, 0.3) is 0 Å². The molecule has 1 heterocycles. The fraction of sp³-hybridized carbons (Fsp3) is 0.917. The highest BCUT2D eigenvalue weighted by molar-refractivity contribution is 5.72. The number of nitrogens with one attached hydrogen (secondary N) is 1. The summed E-state index contributed by atoms with van der Waals surface area (Å²) in [5.74, 6) is 0.510. The zero-order valence-corrected chi connectivity index (χ0v) is 10.9. The number of carbonyl (C=O) groups is 1. The second-order valence-electron chi connectivity index (χ2n) is 5.13. The van der Waals surface area contributed by atoms with Crippen LogP contribution in [0, 0.1) is 5.92 Å². The van der Waals surface area contributed by atoms with E-state index in [0.29, 0.717) is 18.0 Å². The molecule has 17 heavy (non-hydrogen) atoms. The normalized spacial score (nSPS) is 19.6. The molecule has 1 rings (SSSR count). The van der Waals surface area contributed by atoms with Crippen LogP contribution in [0.1, 0.15) is 33.1 Å². The number of nitrogens with two attached hydrogens (primary N) is 1. The first kappa shape index (κ1) is 14.3. The Morgan fingerprint density at radius 1 is 1.47 bits per heavy atom. The molecule has 1 aliphatic heterocycles. The summed E-state index contributed by atoms with van der Waals surface area (Å²) in [4.78, 5) is 12.7. The second kappa shape index (κ2) is 6.81. The quantitative estimate of drug-likeness (QED) is 0.659. The molecule has 5 heteroatoms. The van der Waals surface area contributed by atoms with Crippen molar-refractivity contribution in [2.75, 3.05) is 19.7 Å². The summed E-state index contributed by atoms with van der Waals surface area (Å²) in [6.07, 6.45) is 2.67. The lowest BCUT2D eigenvalue weighted by atomic mass is 9.97. The van der Waals surface area contributed by atoms with E-state index in [4.69, 9.17) is 10.8 Å². The molecule has 0 aromatic rings. The van der Waals surface area contributed by atoms with Crippen molar-refractivity contribution in [3.8, 4) is 0 Å². The molecule has 0 spiro atoms. The first-order valence-corrected chi connectivity index (χ1v) is 6.46. The van der Waals surface area contributed by atoms with Gasteiger partial charge >= 0.3 is 6.03 Å². The van der Waals surface area contributed by atoms with E-state index in [1.807, 2.05) is 0 Å². The third-order valence-corrected chi connectivity index (χ3v) is 3.50. The van der Waals surface area contributed by atoms with Crippen molar-refractivity contribution in [3.63, 3.8) is 0 Å². The van der Waals surface area contributed by atoms with Crippen LogP contribution in [0.5, 0.6) is 0 Å². The third-order valence-electron chi connectivity index (χ3n) is 3.50. The van der Waals surface area contributed by atoms with Gasteiger partial charge in [0, 0.05) is 31.8 Å². The molecule has 100 valence electrons. The molecule has 1 unspecified atom stereocenters. The summed E-state index contributed by atoms with van der Waals surface area (Å²) in [5, 5.41) is 12.6. The minimum absolute atomic E-state index is 0.218. The lowest BCUT2D eigenvalue weighted by Crippen LogP contribution is -2.50. The summed E-state index contributed by atoms with van der Waals surface area (Å²) >= 11 is 0. The summed E-state index contributed by atoms with van der Waals surface area (Å²) in [7, 11) is 0. The fourth-order valence-electron chi connectivity index (χ4n) is 2.32. The van der Waals surface area contributed by atoms with Gasteiger partial charge in [-0.25, -0.2) is 4.79 Å². The van der Waals surface area contributed by atoms with Crippen LogP contribution in [0.25, 0.3) is 0 Å². The molecule has 1 fully saturated rings. The Bertz CT molecular complexity index is 238. The number of nitrogens with zero attached hydrogens (tertiary/aromatic N) is 1. The molecule has 1 saturated heterocycles. The molecule has 0 aliphatic carbocycles. The number of likely N-dealkylation sites (tertiary alicyclic amines) is 1. The molecule has 0 saturated carbocycles. The van der Waals surface area contributed by atoms with Crippen molar-refractivity contribution in [3.05, 3.63) is 0 Å². The van der Waals surface area contributed by atoms with Crippen LogP contribution in [-0.4, -0.2) is 47.8 Å². The van der Waals surface area contributed by atoms with Gasteiger partial charge in [0.05, 0.1) is 0 Å². The number of hydrogen-bond acceptors (Lipinski definition) is 3. The van der Waals surface area contributed by atoms with Gasteiger partial charge in [-0.2, -0.15) is 0 Å². The van der Waals surface area contributed by atoms with Gasteiger partial charge in [0.15, 0.2) is 0 Å². The number of carbonyl (C=O) groups excluding carboxylic acids is 1. The van der Waals surface area contributed by atoms with Crippen LogP contribution < -0.4 is 11.1 Å². The smallest absolute Gasteiger partial charge is 0.314 e. The maximum Gasteiger partial charge on any atom is 0.314 e. The molecule has 0 bridgehead atoms. The van der Waals surface area contributed by atoms with Gasteiger partial charge in [-0.15, -0.1) is 0 Å². The first-order chi connectivity index (χ1) is 8.04. The van der Waals surface area contributed by atoms with E-state index in [1.165, 1.54) is 0 Å². The molecule has 0 aromatic carbocycles. The van der Waals surface area contributed by atoms with E-state index >= 15 is 0 Å². The number of amides is 2. The van der Waals surface area contributed by atoms with Gasteiger partial charge < -0.3 is 21.1 Å². The zero-order valence-electron chi connectivity index (χ0n) is 10.9. The molecule has 0 aromatic heterocycles. The molecule has 4 N–H and O–H groups in total. The predicted molar refractivity (Wildman–Crippen MR) is 67.6 cm³/mol. The number of aliphatic hydroxyl groups is 1. The Morgan fingerprint density at radius 3 is 2.47 bits per heavy atom. The second-order valence-corrected chi connectivity index (χ2v) is 5.13. The molecular weight excluding hydrogens is 218 g/mol. The third kappa shape index (κ3) is 4.52. The summed E-state index contributed by atoms with van der Waals surface area (Å²) in [6.45, 7) is 6.00. The average molecular weight is 243 g/mol. The Balaban J connectivity index is 2.35. The molecule has 1 aliphatic rings. The van der Waals surface area contributed by atoms with Crippen molar-refractivity contribution >= 4 is 6.03 Å². The SMILES string of the molecule is CC(C)C(CCO)NC1CCN(C(N)=O)CC1. The van der Waals surface area contributed by atoms with Crippen molar-refractivity contribution in [1.82, 2.24) is 10.2 Å². The van der Waals surface area contributed by atoms with E-state index in [2.05, 4.69) is 19.2 Å². The largest absolute Gasteiger partial charge is 0.396 e. The van der Waals surface area contributed by atoms with E-state index in [-0.39, 0.29) is 12.6 Å². The standard InChI is InChI=1S/C12H25N3O2/c1-9(2)11(5-8-16)14-10-3-6-15(7-4-10)12(13)17/h9-11,14,16H,3-8H2,1-2H3,(H2,13,17). The van der Waals surface area contributed by atoms with Gasteiger partial charge in [0.1, 0.15) is 0 Å². The minimum Gasteiger partial charge on any atom is -0.396 e. The van der Waals surface area contributed by atoms with Gasteiger partial charge in [-0.1, -0.05) is 13.8 Å². The van der Waals surface area contributed by atoms with Crippen molar-refractivity contribution in [1.29, 1.82) is 0 Å². The Labute approximate surface area is 103 Å². The van der Waals surface area contributed by atoms with E-state index in [0.717, 1.165) is 32.4 Å². The summed E-state index contributed by atoms with van der Waals surface area (Å²) < 4.78 is 0. The summed E-state index contributed by atoms with van der Waals surface area (Å²) in [5.41, 5.74) is 5.24. The number of piperidine rings is 1. The Kier molecular flexibility index (Phi) is 5.71. The number of primary amides is 1. The monoisotopic (exact) mass is 243 g/mol. The number of urea groups is 1. The van der Waals surface area contributed by atoms with Crippen LogP contribution in [0.4, 0.5) is 4.79 Å². The Hall–Kier alpha value is -0.810. The first-order valence-electron chi connectivity index (χ1n) is 6.46. The van der Waals surface area contributed by atoms with Crippen molar-refractivity contribution in [2.45, 2.75) is 45.2 Å². The van der Waals surface area contributed by atoms with Crippen LogP contribution >= 0.6 is 0 Å². The van der Waals surface area contributed by atoms with Crippen LogP contribution in [0.3, 0.4) is 0 Å². The Morgan fingerprint density at radius 2 is 2.06 bits per heavy atom. The average Bonchev–Trinajstić information content (AvgIpc) is 2.29. The van der Waals surface area contributed by atoms with Crippen molar-refractivity contribution < 1.29 is 9.90 Å². The fourth-order valence-corrected chi connectivity index (χ4v) is 2.32. The van der Waals surface area contributed by atoms with Crippen LogP contribution in [0.2, 0.25) is 0 Å². The summed E-state index contributed by atoms with van der Waals surface area (Å²) in [6, 6.07) is 0.467. The van der Waals surface area contributed by atoms with Crippen LogP contribution in [-0.2, 0) is 0 Å². The molecule has 2 amide bonds. The highest BCUT2D eigenvalue weighted by Gasteiger charge is 2.24. The highest BCUT2D eigenvalue weighted by Crippen LogP contribution is 2.14. The maximum atomic E-state index is 11.0. The number of rotatable bonds is 5. The topological polar surface area (TPSA) is 78.6 Å². The van der Waals surface area contributed by atoms with Gasteiger partial charge in [-0.05, 0) is 25.2 Å². The minimum atomic E-state index is -0.320. The number of hydrogen-bond donors (Lipinski definition) is 3. The highest BCUT2D eigenvalue weighted by atomic mass is 16.3. The predicted octanol–water partition coefficient (Wildman–Crippen LogP) is 0.526. The zero-order chi connectivity index (χ0) is 12.8. The lowest BCUT2D eigenvalue weighted by molar-refractivity contribution is 0.173. The van der Waals surface area contributed by atoms with Crippen molar-refractivity contribution in [2.24, 2.45) is 11.7 Å². The molecule has 5 nitrogen and oxygen atoms in total. The molecule has 0 radical (unpaired) electrons. The lowest BCUT2D eigenvalue weighted by Gasteiger charge is -2.34. The van der Waals surface area contributed by atoms with Gasteiger partial charge in [0.2, 0.25) is 0 Å². The van der Waals surface area contributed by atoms with E-state index in [1.54, 1.807) is 4.90 Å². The van der Waals surface area contributed by atoms with Crippen LogP contribution in [0.15, 0.2) is 0 Å². The van der Waals surface area contributed by atoms with Gasteiger partial charge in [-0.3, -0.25) is 0 Å². The molecule has 1 atom stereocenters. The van der Waals surface area contributed by atoms with E-state index < -0.39 is 0 Å². The van der Waals surface area contributed by atoms with E-state index in [9.17, 15) is 4.79 Å².